The second-order valence-corrected chi connectivity index (χ2v) is 8.25. The van der Waals surface area contributed by atoms with E-state index in [-0.39, 0.29) is 12.2 Å². The Bertz CT molecular complexity index is 953. The number of carbonyl (C=O) groups excluding carboxylic acids is 3. The third kappa shape index (κ3) is 7.09. The van der Waals surface area contributed by atoms with Crippen molar-refractivity contribution < 1.29 is 24.4 Å². The SMILES string of the molecule is Cc1ccc(C(=O)NCC(NC(=O)c2cnccn2)C(=O)NC(CC2CCC2)B(O)O)cc1. The molecule has 10 nitrogen and oxygen atoms in total. The molecule has 1 aliphatic carbocycles. The lowest BCUT2D eigenvalue weighted by Crippen LogP contribution is -2.57. The van der Waals surface area contributed by atoms with Gasteiger partial charge in [0.15, 0.2) is 0 Å². The highest BCUT2D eigenvalue weighted by molar-refractivity contribution is 6.43. The molecule has 1 aromatic carbocycles. The van der Waals surface area contributed by atoms with E-state index < -0.39 is 36.8 Å². The number of benzene rings is 1. The second-order valence-electron chi connectivity index (χ2n) is 8.25. The number of rotatable bonds is 10. The van der Waals surface area contributed by atoms with Crippen LogP contribution in [0.4, 0.5) is 0 Å². The van der Waals surface area contributed by atoms with E-state index in [1.54, 1.807) is 24.3 Å². The van der Waals surface area contributed by atoms with Crippen LogP contribution in [-0.4, -0.2) is 63.4 Å². The van der Waals surface area contributed by atoms with Gasteiger partial charge in [0.2, 0.25) is 5.91 Å². The Morgan fingerprint density at radius 1 is 1.09 bits per heavy atom. The molecule has 1 fully saturated rings. The standard InChI is InChI=1S/C22H28BN5O5/c1-14-5-7-16(8-6-14)20(29)26-13-18(27-21(30)17-12-24-9-10-25-17)22(31)28-19(23(32)33)11-15-3-2-4-15/h5-10,12,15,18-19,32-33H,2-4,11,13H2,1H3,(H,26,29)(H,27,30)(H,28,31). The molecule has 1 aliphatic rings. The summed E-state index contributed by atoms with van der Waals surface area (Å²) in [6, 6.07) is 5.74. The van der Waals surface area contributed by atoms with Gasteiger partial charge in [-0.1, -0.05) is 37.0 Å². The van der Waals surface area contributed by atoms with Crippen molar-refractivity contribution in [2.24, 2.45) is 5.92 Å². The number of aryl methyl sites for hydroxylation is 1. The van der Waals surface area contributed by atoms with Crippen LogP contribution < -0.4 is 16.0 Å². The smallest absolute Gasteiger partial charge is 0.426 e. The molecule has 11 heteroatoms. The predicted octanol–water partition coefficient (Wildman–Crippen LogP) is 0.000420. The van der Waals surface area contributed by atoms with Gasteiger partial charge >= 0.3 is 7.12 Å². The van der Waals surface area contributed by atoms with Crippen LogP contribution in [0, 0.1) is 12.8 Å². The first-order chi connectivity index (χ1) is 15.8. The molecule has 1 saturated carbocycles. The van der Waals surface area contributed by atoms with Crippen molar-refractivity contribution in [1.29, 1.82) is 0 Å². The summed E-state index contributed by atoms with van der Waals surface area (Å²) in [5.74, 6) is -2.27. The van der Waals surface area contributed by atoms with Crippen molar-refractivity contribution in [3.63, 3.8) is 0 Å². The summed E-state index contributed by atoms with van der Waals surface area (Å²) >= 11 is 0. The predicted molar refractivity (Wildman–Crippen MR) is 121 cm³/mol. The van der Waals surface area contributed by atoms with Crippen LogP contribution in [0.1, 0.15) is 52.1 Å². The van der Waals surface area contributed by atoms with E-state index >= 15 is 0 Å². The van der Waals surface area contributed by atoms with Gasteiger partial charge in [-0.15, -0.1) is 0 Å². The van der Waals surface area contributed by atoms with Crippen LogP contribution >= 0.6 is 0 Å². The third-order valence-corrected chi connectivity index (χ3v) is 5.70. The monoisotopic (exact) mass is 453 g/mol. The number of nitrogens with zero attached hydrogens (tertiary/aromatic N) is 2. The van der Waals surface area contributed by atoms with E-state index in [1.165, 1.54) is 18.6 Å². The number of hydrogen-bond donors (Lipinski definition) is 5. The van der Waals surface area contributed by atoms with Crippen molar-refractivity contribution in [3.05, 3.63) is 59.7 Å². The minimum absolute atomic E-state index is 0.00775. The van der Waals surface area contributed by atoms with Gasteiger partial charge in [0.05, 0.1) is 12.1 Å². The molecule has 5 N–H and O–H groups in total. The molecule has 1 aromatic heterocycles. The molecular weight excluding hydrogens is 425 g/mol. The highest BCUT2D eigenvalue weighted by Gasteiger charge is 2.33. The van der Waals surface area contributed by atoms with E-state index in [2.05, 4.69) is 25.9 Å². The summed E-state index contributed by atoms with van der Waals surface area (Å²) in [5, 5.41) is 27.2. The topological polar surface area (TPSA) is 154 Å². The molecule has 174 valence electrons. The molecular formula is C22H28BN5O5. The van der Waals surface area contributed by atoms with E-state index in [0.717, 1.165) is 24.8 Å². The fraction of sp³-hybridized carbons (Fsp3) is 0.409. The van der Waals surface area contributed by atoms with Crippen LogP contribution in [0.2, 0.25) is 0 Å². The number of nitrogens with one attached hydrogen (secondary N) is 3. The van der Waals surface area contributed by atoms with Crippen LogP contribution in [0.3, 0.4) is 0 Å². The Morgan fingerprint density at radius 3 is 2.39 bits per heavy atom. The number of aromatic nitrogens is 2. The molecule has 0 spiro atoms. The molecule has 3 amide bonds. The molecule has 2 atom stereocenters. The van der Waals surface area contributed by atoms with Gasteiger partial charge in [-0.25, -0.2) is 4.98 Å². The van der Waals surface area contributed by atoms with Crippen LogP contribution in [0.5, 0.6) is 0 Å². The molecule has 0 saturated heterocycles. The lowest BCUT2D eigenvalue weighted by Gasteiger charge is -2.30. The first-order valence-electron chi connectivity index (χ1n) is 10.9. The maximum absolute atomic E-state index is 13.0. The van der Waals surface area contributed by atoms with E-state index in [1.807, 2.05) is 6.92 Å². The molecule has 0 aliphatic heterocycles. The van der Waals surface area contributed by atoms with Crippen molar-refractivity contribution in [1.82, 2.24) is 25.9 Å². The minimum Gasteiger partial charge on any atom is -0.426 e. The molecule has 2 unspecified atom stereocenters. The lowest BCUT2D eigenvalue weighted by molar-refractivity contribution is -0.123. The highest BCUT2D eigenvalue weighted by atomic mass is 16.4. The molecule has 0 radical (unpaired) electrons. The number of hydrogen-bond acceptors (Lipinski definition) is 7. The zero-order valence-electron chi connectivity index (χ0n) is 18.4. The van der Waals surface area contributed by atoms with E-state index in [0.29, 0.717) is 17.9 Å². The highest BCUT2D eigenvalue weighted by Crippen LogP contribution is 2.30. The molecule has 1 heterocycles. The zero-order chi connectivity index (χ0) is 23.8. The summed E-state index contributed by atoms with van der Waals surface area (Å²) in [6.45, 7) is 1.70. The first kappa shape index (κ1) is 24.3. The molecule has 2 aromatic rings. The minimum atomic E-state index is -1.74. The molecule has 3 rings (SSSR count). The maximum Gasteiger partial charge on any atom is 0.475 e. The third-order valence-electron chi connectivity index (χ3n) is 5.70. The van der Waals surface area contributed by atoms with Gasteiger partial charge in [0, 0.05) is 24.5 Å². The Labute approximate surface area is 192 Å². The Morgan fingerprint density at radius 2 is 1.82 bits per heavy atom. The van der Waals surface area contributed by atoms with Crippen molar-refractivity contribution >= 4 is 24.8 Å². The van der Waals surface area contributed by atoms with Gasteiger partial charge in [-0.2, -0.15) is 0 Å². The van der Waals surface area contributed by atoms with Crippen LogP contribution in [0.15, 0.2) is 42.9 Å². The summed E-state index contributed by atoms with van der Waals surface area (Å²) in [6.07, 6.45) is 7.46. The average molecular weight is 453 g/mol. The Hall–Kier alpha value is -3.31. The normalized spacial score (nSPS) is 15.0. The van der Waals surface area contributed by atoms with Gasteiger partial charge in [0.25, 0.3) is 11.8 Å². The number of carbonyl (C=O) groups is 3. The molecule has 0 bridgehead atoms. The van der Waals surface area contributed by atoms with Crippen LogP contribution in [0.25, 0.3) is 0 Å². The van der Waals surface area contributed by atoms with Crippen LogP contribution in [-0.2, 0) is 4.79 Å². The maximum atomic E-state index is 13.0. The number of amides is 3. The van der Waals surface area contributed by atoms with Crippen molar-refractivity contribution in [2.75, 3.05) is 6.54 Å². The van der Waals surface area contributed by atoms with Gasteiger partial charge < -0.3 is 26.0 Å². The van der Waals surface area contributed by atoms with E-state index in [9.17, 15) is 24.4 Å². The van der Waals surface area contributed by atoms with Crippen molar-refractivity contribution in [3.8, 4) is 0 Å². The molecule has 33 heavy (non-hydrogen) atoms. The summed E-state index contributed by atoms with van der Waals surface area (Å²) < 4.78 is 0. The summed E-state index contributed by atoms with van der Waals surface area (Å²) in [5.41, 5.74) is 1.42. The van der Waals surface area contributed by atoms with E-state index in [4.69, 9.17) is 0 Å². The summed E-state index contributed by atoms with van der Waals surface area (Å²) in [7, 11) is -1.74. The largest absolute Gasteiger partial charge is 0.475 e. The Kier molecular flexibility index (Phi) is 8.50. The fourth-order valence-corrected chi connectivity index (χ4v) is 3.49. The quantitative estimate of drug-likeness (QED) is 0.318. The lowest BCUT2D eigenvalue weighted by atomic mass is 9.70. The fourth-order valence-electron chi connectivity index (χ4n) is 3.49. The second kappa shape index (κ2) is 11.5. The van der Waals surface area contributed by atoms with Gasteiger partial charge in [-0.05, 0) is 31.4 Å². The van der Waals surface area contributed by atoms with Gasteiger partial charge in [-0.3, -0.25) is 19.4 Å². The average Bonchev–Trinajstić information content (AvgIpc) is 2.78. The van der Waals surface area contributed by atoms with Crippen molar-refractivity contribution in [2.45, 2.75) is 44.6 Å². The van der Waals surface area contributed by atoms with Gasteiger partial charge in [0.1, 0.15) is 11.7 Å². The summed E-state index contributed by atoms with van der Waals surface area (Å²) in [4.78, 5) is 45.8. The zero-order valence-corrected chi connectivity index (χ0v) is 18.4. The Balaban J connectivity index is 1.69. The first-order valence-corrected chi connectivity index (χ1v) is 10.9.